The lowest BCUT2D eigenvalue weighted by Crippen LogP contribution is -2.15. The van der Waals surface area contributed by atoms with E-state index in [9.17, 15) is 5.11 Å². The van der Waals surface area contributed by atoms with Crippen LogP contribution in [0.4, 0.5) is 0 Å². The Balaban J connectivity index is 1.88. The third-order valence-electron chi connectivity index (χ3n) is 2.82. The summed E-state index contributed by atoms with van der Waals surface area (Å²) in [6.45, 7) is 0.551. The molecule has 0 amide bonds. The van der Waals surface area contributed by atoms with Crippen LogP contribution in [0.2, 0.25) is 0 Å². The Labute approximate surface area is 112 Å². The summed E-state index contributed by atoms with van der Waals surface area (Å²) >= 11 is 3.40. The molecule has 0 spiro atoms. The first-order valence-electron chi connectivity index (χ1n) is 5.60. The lowest BCUT2D eigenvalue weighted by molar-refractivity contribution is 0.191. The molecule has 0 unspecified atom stereocenters. The third kappa shape index (κ3) is 2.16. The highest BCUT2D eigenvalue weighted by atomic mass is 79.9. The number of aliphatic hydroxyl groups is 1. The largest absolute Gasteiger partial charge is 0.392 e. The molecule has 6 nitrogen and oxygen atoms in total. The van der Waals surface area contributed by atoms with Gasteiger partial charge in [0.1, 0.15) is 5.69 Å². The summed E-state index contributed by atoms with van der Waals surface area (Å²) in [5, 5.41) is 16.5. The summed E-state index contributed by atoms with van der Waals surface area (Å²) in [4.78, 5) is 8.52. The minimum absolute atomic E-state index is 0.0799. The molecular weight excluding hydrogens is 300 g/mol. The molecule has 0 bridgehead atoms. The standard InChI is InChI=1S/C11H11BrN4O2/c12-7-2-1-3-13-9(7)10-15-11(18-16-10)8-4-6(17)5-14-8/h1-3,6,8,14,17H,4-5H2/t6-,8+/m0/s1. The van der Waals surface area contributed by atoms with E-state index in [1.165, 1.54) is 0 Å². The van der Waals surface area contributed by atoms with Crippen molar-refractivity contribution in [2.75, 3.05) is 6.54 Å². The molecule has 2 atom stereocenters. The lowest BCUT2D eigenvalue weighted by atomic mass is 10.2. The minimum atomic E-state index is -0.355. The Hall–Kier alpha value is -1.31. The van der Waals surface area contributed by atoms with Crippen molar-refractivity contribution in [2.24, 2.45) is 0 Å². The predicted molar refractivity (Wildman–Crippen MR) is 66.6 cm³/mol. The highest BCUT2D eigenvalue weighted by Gasteiger charge is 2.28. The van der Waals surface area contributed by atoms with Crippen molar-refractivity contribution in [1.29, 1.82) is 0 Å². The smallest absolute Gasteiger partial charge is 0.244 e. The van der Waals surface area contributed by atoms with Gasteiger partial charge in [-0.25, -0.2) is 0 Å². The molecule has 1 aliphatic heterocycles. The van der Waals surface area contributed by atoms with Gasteiger partial charge in [-0.2, -0.15) is 4.98 Å². The van der Waals surface area contributed by atoms with Gasteiger partial charge in [0.05, 0.1) is 12.1 Å². The molecule has 3 heterocycles. The summed E-state index contributed by atoms with van der Waals surface area (Å²) in [7, 11) is 0. The third-order valence-corrected chi connectivity index (χ3v) is 3.46. The van der Waals surface area contributed by atoms with Gasteiger partial charge < -0.3 is 14.9 Å². The number of aromatic nitrogens is 3. The van der Waals surface area contributed by atoms with Gasteiger partial charge in [-0.3, -0.25) is 4.98 Å². The van der Waals surface area contributed by atoms with Crippen LogP contribution in [0.3, 0.4) is 0 Å². The molecule has 18 heavy (non-hydrogen) atoms. The maximum absolute atomic E-state index is 9.46. The average molecular weight is 311 g/mol. The van der Waals surface area contributed by atoms with Gasteiger partial charge in [0.2, 0.25) is 11.7 Å². The quantitative estimate of drug-likeness (QED) is 0.869. The van der Waals surface area contributed by atoms with Crippen molar-refractivity contribution in [1.82, 2.24) is 20.4 Å². The van der Waals surface area contributed by atoms with E-state index in [2.05, 4.69) is 36.4 Å². The van der Waals surface area contributed by atoms with Gasteiger partial charge >= 0.3 is 0 Å². The fourth-order valence-electron chi connectivity index (χ4n) is 1.93. The van der Waals surface area contributed by atoms with Crippen molar-refractivity contribution in [2.45, 2.75) is 18.6 Å². The Bertz CT molecular complexity index is 559. The zero-order chi connectivity index (χ0) is 12.5. The number of nitrogens with zero attached hydrogens (tertiary/aromatic N) is 3. The Morgan fingerprint density at radius 2 is 2.39 bits per heavy atom. The molecule has 7 heteroatoms. The highest BCUT2D eigenvalue weighted by molar-refractivity contribution is 9.10. The second-order valence-electron chi connectivity index (χ2n) is 4.14. The topological polar surface area (TPSA) is 84.1 Å². The Kier molecular flexibility index (Phi) is 3.11. The Morgan fingerprint density at radius 3 is 3.11 bits per heavy atom. The summed E-state index contributed by atoms with van der Waals surface area (Å²) < 4.78 is 6.03. The van der Waals surface area contributed by atoms with Crippen LogP contribution in [0.5, 0.6) is 0 Å². The van der Waals surface area contributed by atoms with Gasteiger partial charge in [0.15, 0.2) is 0 Å². The van der Waals surface area contributed by atoms with Crippen LogP contribution in [0.25, 0.3) is 11.5 Å². The molecule has 0 aromatic carbocycles. The highest BCUT2D eigenvalue weighted by Crippen LogP contribution is 2.26. The average Bonchev–Trinajstić information content (AvgIpc) is 2.98. The monoisotopic (exact) mass is 310 g/mol. The number of hydrogen-bond donors (Lipinski definition) is 2. The number of halogens is 1. The Morgan fingerprint density at radius 1 is 1.50 bits per heavy atom. The first-order chi connectivity index (χ1) is 8.74. The molecule has 1 fully saturated rings. The van der Waals surface area contributed by atoms with Crippen molar-refractivity contribution < 1.29 is 9.63 Å². The zero-order valence-electron chi connectivity index (χ0n) is 9.38. The van der Waals surface area contributed by atoms with Crippen molar-refractivity contribution in [3.05, 3.63) is 28.7 Å². The molecule has 1 aliphatic rings. The maximum atomic E-state index is 9.46. The van der Waals surface area contributed by atoms with E-state index in [4.69, 9.17) is 4.52 Å². The van der Waals surface area contributed by atoms with Gasteiger partial charge in [-0.15, -0.1) is 0 Å². The minimum Gasteiger partial charge on any atom is -0.392 e. The van der Waals surface area contributed by atoms with E-state index in [1.807, 2.05) is 12.1 Å². The molecule has 0 radical (unpaired) electrons. The molecule has 1 saturated heterocycles. The lowest BCUT2D eigenvalue weighted by Gasteiger charge is -2.01. The van der Waals surface area contributed by atoms with E-state index in [0.29, 0.717) is 30.4 Å². The number of aliphatic hydroxyl groups excluding tert-OH is 1. The van der Waals surface area contributed by atoms with Gasteiger partial charge in [-0.1, -0.05) is 5.16 Å². The van der Waals surface area contributed by atoms with Crippen LogP contribution in [0.1, 0.15) is 18.4 Å². The van der Waals surface area contributed by atoms with Crippen LogP contribution >= 0.6 is 15.9 Å². The number of nitrogens with one attached hydrogen (secondary N) is 1. The summed E-state index contributed by atoms with van der Waals surface area (Å²) in [5.41, 5.74) is 0.644. The molecule has 0 saturated carbocycles. The molecule has 2 aromatic rings. The van der Waals surface area contributed by atoms with Crippen molar-refractivity contribution >= 4 is 15.9 Å². The van der Waals surface area contributed by atoms with Crippen LogP contribution in [0, 0.1) is 0 Å². The summed E-state index contributed by atoms with van der Waals surface area (Å²) in [6.07, 6.45) is 1.91. The van der Waals surface area contributed by atoms with E-state index in [-0.39, 0.29) is 12.1 Å². The fraction of sp³-hybridized carbons (Fsp3) is 0.364. The molecular formula is C11H11BrN4O2. The van der Waals surface area contributed by atoms with Crippen molar-refractivity contribution in [3.63, 3.8) is 0 Å². The maximum Gasteiger partial charge on any atom is 0.244 e. The molecule has 3 rings (SSSR count). The fourth-order valence-corrected chi connectivity index (χ4v) is 2.36. The zero-order valence-corrected chi connectivity index (χ0v) is 11.0. The number of rotatable bonds is 2. The van der Waals surface area contributed by atoms with Crippen LogP contribution < -0.4 is 5.32 Å². The summed E-state index contributed by atoms with van der Waals surface area (Å²) in [5.74, 6) is 0.930. The van der Waals surface area contributed by atoms with Gasteiger partial charge in [-0.05, 0) is 34.5 Å². The van der Waals surface area contributed by atoms with Crippen molar-refractivity contribution in [3.8, 4) is 11.5 Å². The van der Waals surface area contributed by atoms with E-state index >= 15 is 0 Å². The first kappa shape index (κ1) is 11.8. The van der Waals surface area contributed by atoms with Gasteiger partial charge in [0, 0.05) is 17.2 Å². The molecule has 0 aliphatic carbocycles. The van der Waals surface area contributed by atoms with Gasteiger partial charge in [0.25, 0.3) is 0 Å². The van der Waals surface area contributed by atoms with Crippen LogP contribution in [-0.2, 0) is 0 Å². The van der Waals surface area contributed by atoms with E-state index in [1.54, 1.807) is 6.20 Å². The van der Waals surface area contributed by atoms with E-state index < -0.39 is 0 Å². The second-order valence-corrected chi connectivity index (χ2v) is 4.99. The molecule has 2 N–H and O–H groups in total. The summed E-state index contributed by atoms with van der Waals surface area (Å²) in [6, 6.07) is 3.61. The number of β-amino-alcohol motifs (C(OH)–C–C–N with tert-alkyl or cyclic N) is 1. The SMILES string of the molecule is O[C@@H]1CN[C@@H](c2nc(-c3ncccc3Br)no2)C1. The normalized spacial score (nSPS) is 23.4. The number of pyridine rings is 1. The van der Waals surface area contributed by atoms with Crippen LogP contribution in [-0.4, -0.2) is 32.9 Å². The molecule has 94 valence electrons. The predicted octanol–water partition coefficient (Wildman–Crippen LogP) is 1.29. The number of hydrogen-bond acceptors (Lipinski definition) is 6. The second kappa shape index (κ2) is 4.75. The molecule has 2 aromatic heterocycles. The first-order valence-corrected chi connectivity index (χ1v) is 6.39. The van der Waals surface area contributed by atoms with E-state index in [0.717, 1.165) is 4.47 Å². The van der Waals surface area contributed by atoms with Crippen LogP contribution in [0.15, 0.2) is 27.3 Å².